The number of allylic oxidation sites excluding steroid dienone is 1. The Bertz CT molecular complexity index is 659. The molecule has 2 heterocycles. The van der Waals surface area contributed by atoms with Crippen LogP contribution in [0.2, 0.25) is 0 Å². The van der Waals surface area contributed by atoms with Gasteiger partial charge in [-0.3, -0.25) is 9.78 Å². The maximum atomic E-state index is 12.5. The molecule has 134 valence electrons. The van der Waals surface area contributed by atoms with Crippen LogP contribution < -0.4 is 5.32 Å². The summed E-state index contributed by atoms with van der Waals surface area (Å²) in [5, 5.41) is 3.44. The summed E-state index contributed by atoms with van der Waals surface area (Å²) >= 11 is 0. The van der Waals surface area contributed by atoms with Gasteiger partial charge in [0.05, 0.1) is 5.92 Å². The number of rotatable bonds is 4. The van der Waals surface area contributed by atoms with Crippen LogP contribution in [0.15, 0.2) is 36.7 Å². The van der Waals surface area contributed by atoms with E-state index in [9.17, 15) is 4.79 Å². The monoisotopic (exact) mass is 340 g/mol. The number of fused-ring (bicyclic) bond motifs is 2. The topological polar surface area (TPSA) is 51.2 Å². The van der Waals surface area contributed by atoms with E-state index in [-0.39, 0.29) is 23.4 Å². The molecule has 4 nitrogen and oxygen atoms in total. The third-order valence-corrected chi connectivity index (χ3v) is 6.74. The standard InChI is InChI=1S/C21H28N2O2/c1-14-5-3-7-21(2)10-19-16(9-18(14)21)17(20(24)25-19)13-23-12-15-6-4-8-22-11-15/h4,6,8,11,16-19,23H,1,3,5,7,9-10,12-13H2,2H3/t16-,17-,18+,19-,21-/m1/s1. The number of esters is 1. The van der Waals surface area contributed by atoms with E-state index in [0.29, 0.717) is 18.4 Å². The van der Waals surface area contributed by atoms with E-state index in [0.717, 1.165) is 31.4 Å². The van der Waals surface area contributed by atoms with Crippen molar-refractivity contribution in [3.8, 4) is 0 Å². The van der Waals surface area contributed by atoms with Gasteiger partial charge in [0.15, 0.2) is 0 Å². The van der Waals surface area contributed by atoms with E-state index in [2.05, 4.69) is 23.8 Å². The number of hydrogen-bond acceptors (Lipinski definition) is 4. The Balaban J connectivity index is 1.42. The molecule has 0 bridgehead atoms. The van der Waals surface area contributed by atoms with Crippen molar-refractivity contribution >= 4 is 5.97 Å². The maximum Gasteiger partial charge on any atom is 0.310 e. The van der Waals surface area contributed by atoms with E-state index in [1.165, 1.54) is 18.4 Å². The van der Waals surface area contributed by atoms with E-state index in [4.69, 9.17) is 4.74 Å². The maximum absolute atomic E-state index is 12.5. The van der Waals surface area contributed by atoms with Crippen LogP contribution in [0.3, 0.4) is 0 Å². The molecule has 3 aliphatic rings. The Morgan fingerprint density at radius 2 is 2.36 bits per heavy atom. The molecule has 1 N–H and O–H groups in total. The molecule has 2 aliphatic carbocycles. The Kier molecular flexibility index (Phi) is 4.40. The second kappa shape index (κ2) is 6.56. The molecule has 1 aromatic rings. The minimum absolute atomic E-state index is 0.0125. The van der Waals surface area contributed by atoms with Crippen LogP contribution in [0.4, 0.5) is 0 Å². The highest BCUT2D eigenvalue weighted by atomic mass is 16.6. The Hall–Kier alpha value is -1.68. The molecule has 3 fully saturated rings. The molecule has 0 aromatic carbocycles. The molecule has 0 amide bonds. The first-order valence-electron chi connectivity index (χ1n) is 9.54. The number of carbonyl (C=O) groups excluding carboxylic acids is 1. The van der Waals surface area contributed by atoms with Gasteiger partial charge in [-0.15, -0.1) is 0 Å². The van der Waals surface area contributed by atoms with Gasteiger partial charge < -0.3 is 10.1 Å². The Morgan fingerprint density at radius 1 is 1.48 bits per heavy atom. The normalized spacial score (nSPS) is 37.3. The molecule has 0 radical (unpaired) electrons. The van der Waals surface area contributed by atoms with Crippen LogP contribution in [-0.4, -0.2) is 23.6 Å². The highest BCUT2D eigenvalue weighted by molar-refractivity contribution is 5.75. The van der Waals surface area contributed by atoms with Crippen molar-refractivity contribution in [2.24, 2.45) is 23.2 Å². The lowest BCUT2D eigenvalue weighted by Gasteiger charge is -2.50. The molecular weight excluding hydrogens is 312 g/mol. The zero-order valence-corrected chi connectivity index (χ0v) is 15.0. The van der Waals surface area contributed by atoms with Crippen LogP contribution in [0.1, 0.15) is 44.6 Å². The van der Waals surface area contributed by atoms with Crippen molar-refractivity contribution in [3.05, 3.63) is 42.2 Å². The molecule has 2 saturated carbocycles. The summed E-state index contributed by atoms with van der Waals surface area (Å²) in [6.45, 7) is 8.15. The first-order valence-corrected chi connectivity index (χ1v) is 9.54. The number of pyridine rings is 1. The molecule has 4 rings (SSSR count). The number of carbonyl (C=O) groups is 1. The summed E-state index contributed by atoms with van der Waals surface area (Å²) in [6, 6.07) is 3.99. The lowest BCUT2D eigenvalue weighted by Crippen LogP contribution is -2.45. The third-order valence-electron chi connectivity index (χ3n) is 6.74. The lowest BCUT2D eigenvalue weighted by atomic mass is 9.55. The predicted octanol–water partition coefficient (Wildman–Crippen LogP) is 3.49. The van der Waals surface area contributed by atoms with Crippen molar-refractivity contribution in [2.45, 2.75) is 51.7 Å². The van der Waals surface area contributed by atoms with Gasteiger partial charge in [0.25, 0.3) is 0 Å². The fraction of sp³-hybridized carbons (Fsp3) is 0.619. The fourth-order valence-electron chi connectivity index (χ4n) is 5.36. The Morgan fingerprint density at radius 3 is 3.16 bits per heavy atom. The number of nitrogens with one attached hydrogen (secondary N) is 1. The average molecular weight is 340 g/mol. The van der Waals surface area contributed by atoms with Crippen LogP contribution in [-0.2, 0) is 16.1 Å². The summed E-state index contributed by atoms with van der Waals surface area (Å²) in [6.07, 6.45) is 9.42. The molecule has 25 heavy (non-hydrogen) atoms. The number of ether oxygens (including phenoxy) is 1. The molecule has 5 atom stereocenters. The van der Waals surface area contributed by atoms with Crippen molar-refractivity contribution in [3.63, 3.8) is 0 Å². The van der Waals surface area contributed by atoms with Crippen molar-refractivity contribution < 1.29 is 9.53 Å². The summed E-state index contributed by atoms with van der Waals surface area (Å²) in [5.41, 5.74) is 2.81. The van der Waals surface area contributed by atoms with Crippen molar-refractivity contribution in [1.29, 1.82) is 0 Å². The minimum Gasteiger partial charge on any atom is -0.462 e. The highest BCUT2D eigenvalue weighted by Crippen LogP contribution is 2.56. The molecule has 1 saturated heterocycles. The van der Waals surface area contributed by atoms with Crippen LogP contribution in [0.5, 0.6) is 0 Å². The second-order valence-corrected chi connectivity index (χ2v) is 8.40. The fourth-order valence-corrected chi connectivity index (χ4v) is 5.36. The molecule has 1 aliphatic heterocycles. The summed E-state index contributed by atoms with van der Waals surface area (Å²) in [4.78, 5) is 16.6. The van der Waals surface area contributed by atoms with Gasteiger partial charge in [0, 0.05) is 31.4 Å². The van der Waals surface area contributed by atoms with Gasteiger partial charge in [-0.25, -0.2) is 0 Å². The zero-order valence-electron chi connectivity index (χ0n) is 15.0. The van der Waals surface area contributed by atoms with Gasteiger partial charge in [0.1, 0.15) is 6.10 Å². The molecule has 0 spiro atoms. The van der Waals surface area contributed by atoms with Crippen molar-refractivity contribution in [2.75, 3.05) is 6.54 Å². The molecule has 0 unspecified atom stereocenters. The molecule has 4 heteroatoms. The number of nitrogens with zero attached hydrogens (tertiary/aromatic N) is 1. The summed E-state index contributed by atoms with van der Waals surface area (Å²) in [7, 11) is 0. The summed E-state index contributed by atoms with van der Waals surface area (Å²) < 4.78 is 5.81. The second-order valence-electron chi connectivity index (χ2n) is 8.40. The van der Waals surface area contributed by atoms with E-state index in [1.807, 2.05) is 18.3 Å². The lowest BCUT2D eigenvalue weighted by molar-refractivity contribution is -0.146. The number of hydrogen-bond donors (Lipinski definition) is 1. The van der Waals surface area contributed by atoms with E-state index in [1.54, 1.807) is 6.20 Å². The van der Waals surface area contributed by atoms with Crippen molar-refractivity contribution in [1.82, 2.24) is 10.3 Å². The summed E-state index contributed by atoms with van der Waals surface area (Å²) in [5.74, 6) is 0.849. The first kappa shape index (κ1) is 16.8. The van der Waals surface area contributed by atoms with E-state index >= 15 is 0 Å². The minimum atomic E-state index is -0.0269. The quantitative estimate of drug-likeness (QED) is 0.673. The third kappa shape index (κ3) is 3.12. The largest absolute Gasteiger partial charge is 0.462 e. The Labute approximate surface area is 150 Å². The van der Waals surface area contributed by atoms with Gasteiger partial charge in [-0.1, -0.05) is 25.1 Å². The average Bonchev–Trinajstić information content (AvgIpc) is 2.88. The zero-order chi connectivity index (χ0) is 17.4. The molecule has 1 aromatic heterocycles. The smallest absolute Gasteiger partial charge is 0.310 e. The van der Waals surface area contributed by atoms with E-state index < -0.39 is 0 Å². The first-order chi connectivity index (χ1) is 12.1. The van der Waals surface area contributed by atoms with Gasteiger partial charge in [-0.05, 0) is 55.1 Å². The van der Waals surface area contributed by atoms with Crippen LogP contribution >= 0.6 is 0 Å². The van der Waals surface area contributed by atoms with Gasteiger partial charge in [0.2, 0.25) is 0 Å². The molecular formula is C21H28N2O2. The van der Waals surface area contributed by atoms with Crippen LogP contribution in [0.25, 0.3) is 0 Å². The van der Waals surface area contributed by atoms with Crippen LogP contribution in [0, 0.1) is 23.2 Å². The SMILES string of the molecule is C=C1CCC[C@]2(C)C[C@H]3OC(=O)[C@H](CNCc4cccnc4)[C@H]3C[C@@H]12. The number of aromatic nitrogens is 1. The highest BCUT2D eigenvalue weighted by Gasteiger charge is 2.54. The van der Waals surface area contributed by atoms with Gasteiger partial charge in [-0.2, -0.15) is 0 Å². The predicted molar refractivity (Wildman–Crippen MR) is 96.6 cm³/mol. The van der Waals surface area contributed by atoms with Gasteiger partial charge >= 0.3 is 5.97 Å².